The Morgan fingerprint density at radius 2 is 1.91 bits per heavy atom. The lowest BCUT2D eigenvalue weighted by atomic mass is 10.1. The van der Waals surface area contributed by atoms with Gasteiger partial charge in [-0.1, -0.05) is 0 Å². The van der Waals surface area contributed by atoms with Gasteiger partial charge < -0.3 is 19.5 Å². The largest absolute Gasteiger partial charge is 0.497 e. The minimum absolute atomic E-state index is 0.0286. The number of carbonyl (C=O) groups is 3. The van der Waals surface area contributed by atoms with E-state index >= 15 is 0 Å². The van der Waals surface area contributed by atoms with E-state index in [0.717, 1.165) is 20.2 Å². The third kappa shape index (κ3) is 6.44. The van der Waals surface area contributed by atoms with Crippen LogP contribution in [0.25, 0.3) is 6.08 Å². The zero-order valence-electron chi connectivity index (χ0n) is 19.2. The quantitative estimate of drug-likeness (QED) is 0.316. The second-order valence-electron chi connectivity index (χ2n) is 7.47. The second-order valence-corrected chi connectivity index (χ2v) is 9.63. The molecular weight excluding hydrogens is 571 g/mol. The summed E-state index contributed by atoms with van der Waals surface area (Å²) in [5, 5.41) is 2.18. The molecule has 0 bridgehead atoms. The molecule has 1 aliphatic heterocycles. The number of rotatable bonds is 9. The highest BCUT2D eigenvalue weighted by Gasteiger charge is 2.36. The molecule has 8 nitrogen and oxygen atoms in total. The number of imide groups is 1. The fourth-order valence-corrected chi connectivity index (χ4v) is 4.68. The molecule has 0 spiro atoms. The monoisotopic (exact) mass is 596 g/mol. The summed E-state index contributed by atoms with van der Waals surface area (Å²) in [4.78, 5) is 38.9. The Kier molecular flexibility index (Phi) is 8.84. The molecule has 3 rings (SSSR count). The van der Waals surface area contributed by atoms with E-state index in [1.165, 1.54) is 0 Å². The molecule has 1 N–H and O–H groups in total. The highest BCUT2D eigenvalue weighted by atomic mass is 127. The van der Waals surface area contributed by atoms with Crippen molar-refractivity contribution in [3.63, 3.8) is 0 Å². The van der Waals surface area contributed by atoms with Crippen LogP contribution in [0, 0.1) is 3.57 Å². The first kappa shape index (κ1) is 25.9. The highest BCUT2D eigenvalue weighted by Crippen LogP contribution is 2.38. The zero-order chi connectivity index (χ0) is 24.8. The van der Waals surface area contributed by atoms with Crippen LogP contribution in [0.1, 0.15) is 26.3 Å². The van der Waals surface area contributed by atoms with Crippen molar-refractivity contribution < 1.29 is 28.6 Å². The molecule has 10 heteroatoms. The van der Waals surface area contributed by atoms with E-state index in [-0.39, 0.29) is 17.6 Å². The molecular formula is C24H25IN2O6S. The van der Waals surface area contributed by atoms with Crippen LogP contribution in [-0.2, 0) is 9.59 Å². The van der Waals surface area contributed by atoms with E-state index in [1.54, 1.807) is 43.5 Å². The van der Waals surface area contributed by atoms with Crippen LogP contribution in [0.3, 0.4) is 0 Å². The maximum Gasteiger partial charge on any atom is 0.294 e. The van der Waals surface area contributed by atoms with E-state index in [0.29, 0.717) is 35.1 Å². The van der Waals surface area contributed by atoms with Crippen LogP contribution in [0.4, 0.5) is 10.5 Å². The SMILES string of the molecule is CCOc1cc(/C=C2/SC(=O)N(CC(=O)Nc3ccc(OC)cc3)C2=O)cc(I)c1OC(C)C. The maximum atomic E-state index is 12.9. The number of carbonyl (C=O) groups excluding carboxylic acids is 3. The van der Waals surface area contributed by atoms with Gasteiger partial charge in [-0.3, -0.25) is 19.3 Å². The summed E-state index contributed by atoms with van der Waals surface area (Å²) >= 11 is 2.95. The van der Waals surface area contributed by atoms with Crippen molar-refractivity contribution in [2.75, 3.05) is 25.6 Å². The molecule has 1 saturated heterocycles. The molecule has 3 amide bonds. The Morgan fingerprint density at radius 1 is 1.21 bits per heavy atom. The third-order valence-electron chi connectivity index (χ3n) is 4.53. The number of nitrogens with zero attached hydrogens (tertiary/aromatic N) is 1. The number of thioether (sulfide) groups is 1. The second kappa shape index (κ2) is 11.6. The van der Waals surface area contributed by atoms with Gasteiger partial charge in [-0.15, -0.1) is 0 Å². The standard InChI is InChI=1S/C24H25IN2O6S/c1-5-32-19-11-15(10-18(25)22(19)33-14(2)3)12-20-23(29)27(24(30)34-20)13-21(28)26-16-6-8-17(31-4)9-7-16/h6-12,14H,5,13H2,1-4H3,(H,26,28)/b20-12+. The topological polar surface area (TPSA) is 94.2 Å². The molecule has 0 unspecified atom stereocenters. The van der Waals surface area contributed by atoms with Crippen molar-refractivity contribution in [1.29, 1.82) is 0 Å². The number of ether oxygens (including phenoxy) is 3. The summed E-state index contributed by atoms with van der Waals surface area (Å²) in [6.07, 6.45) is 1.59. The van der Waals surface area contributed by atoms with E-state index in [9.17, 15) is 14.4 Å². The van der Waals surface area contributed by atoms with Gasteiger partial charge in [0.25, 0.3) is 11.1 Å². The number of hydrogen-bond donors (Lipinski definition) is 1. The zero-order valence-corrected chi connectivity index (χ0v) is 22.2. The van der Waals surface area contributed by atoms with Crippen molar-refractivity contribution >= 4 is 63.2 Å². The molecule has 34 heavy (non-hydrogen) atoms. The van der Waals surface area contributed by atoms with Gasteiger partial charge >= 0.3 is 0 Å². The summed E-state index contributed by atoms with van der Waals surface area (Å²) in [5.74, 6) is 0.859. The average Bonchev–Trinajstić information content (AvgIpc) is 3.04. The Balaban J connectivity index is 1.75. The Labute approximate surface area is 216 Å². The predicted octanol–water partition coefficient (Wildman–Crippen LogP) is 5.16. The van der Waals surface area contributed by atoms with E-state index < -0.39 is 17.1 Å². The van der Waals surface area contributed by atoms with E-state index in [4.69, 9.17) is 14.2 Å². The lowest BCUT2D eigenvalue weighted by molar-refractivity contribution is -0.127. The minimum Gasteiger partial charge on any atom is -0.497 e. The minimum atomic E-state index is -0.518. The summed E-state index contributed by atoms with van der Waals surface area (Å²) in [6, 6.07) is 10.4. The van der Waals surface area contributed by atoms with Crippen molar-refractivity contribution in [3.8, 4) is 17.2 Å². The number of nitrogens with one attached hydrogen (secondary N) is 1. The predicted molar refractivity (Wildman–Crippen MR) is 140 cm³/mol. The van der Waals surface area contributed by atoms with Crippen LogP contribution in [0.15, 0.2) is 41.3 Å². The van der Waals surface area contributed by atoms with Gasteiger partial charge in [0.2, 0.25) is 5.91 Å². The molecule has 2 aromatic carbocycles. The molecule has 0 aromatic heterocycles. The van der Waals surface area contributed by atoms with E-state index in [2.05, 4.69) is 27.9 Å². The fourth-order valence-electron chi connectivity index (χ4n) is 3.09. The lowest BCUT2D eigenvalue weighted by Gasteiger charge is -2.17. The van der Waals surface area contributed by atoms with Crippen LogP contribution >= 0.6 is 34.4 Å². The molecule has 1 fully saturated rings. The maximum absolute atomic E-state index is 12.9. The first-order valence-corrected chi connectivity index (χ1v) is 12.4. The van der Waals surface area contributed by atoms with Gasteiger partial charge in [-0.2, -0.15) is 0 Å². The number of halogens is 1. The molecule has 0 aliphatic carbocycles. The number of hydrogen-bond acceptors (Lipinski definition) is 7. The van der Waals surface area contributed by atoms with Crippen molar-refractivity contribution in [2.45, 2.75) is 26.9 Å². The third-order valence-corrected chi connectivity index (χ3v) is 6.24. The van der Waals surface area contributed by atoms with Gasteiger partial charge in [0.15, 0.2) is 11.5 Å². The van der Waals surface area contributed by atoms with Gasteiger partial charge in [0, 0.05) is 5.69 Å². The van der Waals surface area contributed by atoms with Gasteiger partial charge in [-0.25, -0.2) is 0 Å². The summed E-state index contributed by atoms with van der Waals surface area (Å²) in [5.41, 5.74) is 1.23. The van der Waals surface area contributed by atoms with Crippen LogP contribution < -0.4 is 19.5 Å². The van der Waals surface area contributed by atoms with Gasteiger partial charge in [0.05, 0.1) is 28.3 Å². The molecule has 180 valence electrons. The van der Waals surface area contributed by atoms with Gasteiger partial charge in [-0.05, 0) is 103 Å². The lowest BCUT2D eigenvalue weighted by Crippen LogP contribution is -2.36. The molecule has 0 radical (unpaired) electrons. The summed E-state index contributed by atoms with van der Waals surface area (Å²) in [6.45, 7) is 5.81. The normalized spacial score (nSPS) is 14.6. The molecule has 1 aliphatic rings. The summed E-state index contributed by atoms with van der Waals surface area (Å²) in [7, 11) is 1.55. The van der Waals surface area contributed by atoms with Crippen molar-refractivity contribution in [3.05, 3.63) is 50.4 Å². The van der Waals surface area contributed by atoms with Crippen LogP contribution in [-0.4, -0.2) is 48.3 Å². The number of benzene rings is 2. The first-order valence-electron chi connectivity index (χ1n) is 10.5. The molecule has 0 atom stereocenters. The molecule has 1 heterocycles. The highest BCUT2D eigenvalue weighted by molar-refractivity contribution is 14.1. The smallest absolute Gasteiger partial charge is 0.294 e. The summed E-state index contributed by atoms with van der Waals surface area (Å²) < 4.78 is 17.5. The van der Waals surface area contributed by atoms with Crippen molar-refractivity contribution in [2.24, 2.45) is 0 Å². The van der Waals surface area contributed by atoms with Crippen LogP contribution in [0.5, 0.6) is 17.2 Å². The Hall–Kier alpha value is -2.73. The van der Waals surface area contributed by atoms with E-state index in [1.807, 2.05) is 26.8 Å². The first-order chi connectivity index (χ1) is 16.2. The number of amides is 3. The Morgan fingerprint density at radius 3 is 2.53 bits per heavy atom. The van der Waals surface area contributed by atoms with Gasteiger partial charge in [0.1, 0.15) is 12.3 Å². The molecule has 2 aromatic rings. The number of methoxy groups -OCH3 is 1. The number of anilines is 1. The average molecular weight is 596 g/mol. The fraction of sp³-hybridized carbons (Fsp3) is 0.292. The van der Waals surface area contributed by atoms with Crippen molar-refractivity contribution in [1.82, 2.24) is 4.90 Å². The molecule has 0 saturated carbocycles. The van der Waals surface area contributed by atoms with Crippen LogP contribution in [0.2, 0.25) is 0 Å². The Bertz CT molecular complexity index is 1120.